The van der Waals surface area contributed by atoms with Gasteiger partial charge in [0, 0.05) is 31.4 Å². The standard InChI is InChI=1S/C22H26FN3O4S/c1-2-14-31(28,29)26-12-9-18(10-13-26)25-22(27)8-6-17-5-7-21(20(23)15-17)30-19-4-3-11-24-16-19/h3-8,11,15-16,18H,2,9-10,12-14H2,1H3,(H,25,27)/b8-6+. The van der Waals surface area contributed by atoms with Gasteiger partial charge in [0.05, 0.1) is 11.9 Å². The number of pyridine rings is 1. The smallest absolute Gasteiger partial charge is 0.244 e. The molecule has 1 fully saturated rings. The summed E-state index contributed by atoms with van der Waals surface area (Å²) in [7, 11) is -3.20. The molecule has 1 N–H and O–H groups in total. The number of nitrogens with zero attached hydrogens (tertiary/aromatic N) is 2. The van der Waals surface area contributed by atoms with Crippen LogP contribution in [0.4, 0.5) is 4.39 Å². The molecule has 7 nitrogen and oxygen atoms in total. The Morgan fingerprint density at radius 3 is 2.74 bits per heavy atom. The van der Waals surface area contributed by atoms with E-state index in [1.165, 1.54) is 34.8 Å². The Balaban J connectivity index is 1.51. The number of amides is 1. The summed E-state index contributed by atoms with van der Waals surface area (Å²) < 4.78 is 45.5. The van der Waals surface area contributed by atoms with Crippen LogP contribution in [0, 0.1) is 5.82 Å². The molecule has 31 heavy (non-hydrogen) atoms. The van der Waals surface area contributed by atoms with Crippen molar-refractivity contribution in [3.05, 3.63) is 60.2 Å². The topological polar surface area (TPSA) is 88.6 Å². The van der Waals surface area contributed by atoms with E-state index < -0.39 is 15.8 Å². The van der Waals surface area contributed by atoms with E-state index in [1.54, 1.807) is 24.4 Å². The summed E-state index contributed by atoms with van der Waals surface area (Å²) in [6.07, 6.45) is 7.67. The van der Waals surface area contributed by atoms with Gasteiger partial charge in [0.15, 0.2) is 11.6 Å². The molecule has 1 aliphatic rings. The fraction of sp³-hybridized carbons (Fsp3) is 0.364. The monoisotopic (exact) mass is 447 g/mol. The van der Waals surface area contributed by atoms with Gasteiger partial charge in [0.25, 0.3) is 0 Å². The molecule has 2 heterocycles. The summed E-state index contributed by atoms with van der Waals surface area (Å²) in [5.74, 6) is -0.204. The van der Waals surface area contributed by atoms with Crippen molar-refractivity contribution in [2.45, 2.75) is 32.2 Å². The summed E-state index contributed by atoms with van der Waals surface area (Å²) in [6, 6.07) is 7.71. The number of ether oxygens (including phenoxy) is 1. The van der Waals surface area contributed by atoms with Gasteiger partial charge in [-0.3, -0.25) is 9.78 Å². The van der Waals surface area contributed by atoms with Gasteiger partial charge in [-0.1, -0.05) is 13.0 Å². The molecule has 0 spiro atoms. The van der Waals surface area contributed by atoms with E-state index in [4.69, 9.17) is 4.74 Å². The van der Waals surface area contributed by atoms with Crippen LogP contribution in [-0.2, 0) is 14.8 Å². The number of nitrogens with one attached hydrogen (secondary N) is 1. The number of aromatic nitrogens is 1. The summed E-state index contributed by atoms with van der Waals surface area (Å²) in [6.45, 7) is 2.64. The molecule has 166 valence electrons. The highest BCUT2D eigenvalue weighted by molar-refractivity contribution is 7.89. The van der Waals surface area contributed by atoms with Crippen LogP contribution in [0.2, 0.25) is 0 Å². The van der Waals surface area contributed by atoms with Gasteiger partial charge in [-0.15, -0.1) is 0 Å². The Labute approximate surface area is 182 Å². The lowest BCUT2D eigenvalue weighted by atomic mass is 10.1. The third-order valence-corrected chi connectivity index (χ3v) is 6.98. The van der Waals surface area contributed by atoms with Gasteiger partial charge >= 0.3 is 0 Å². The van der Waals surface area contributed by atoms with Gasteiger partial charge in [-0.05, 0) is 55.2 Å². The van der Waals surface area contributed by atoms with E-state index >= 15 is 0 Å². The number of piperidine rings is 1. The molecule has 0 unspecified atom stereocenters. The second-order valence-electron chi connectivity index (χ2n) is 7.31. The van der Waals surface area contributed by atoms with Crippen LogP contribution in [0.3, 0.4) is 0 Å². The van der Waals surface area contributed by atoms with Crippen molar-refractivity contribution in [2.24, 2.45) is 0 Å². The van der Waals surface area contributed by atoms with Crippen LogP contribution >= 0.6 is 0 Å². The van der Waals surface area contributed by atoms with Crippen molar-refractivity contribution < 1.29 is 22.3 Å². The first-order chi connectivity index (χ1) is 14.9. The minimum Gasteiger partial charge on any atom is -0.453 e. The zero-order valence-electron chi connectivity index (χ0n) is 17.3. The minimum atomic E-state index is -3.20. The quantitative estimate of drug-likeness (QED) is 0.627. The maximum atomic E-state index is 14.3. The second kappa shape index (κ2) is 10.5. The van der Waals surface area contributed by atoms with Crippen LogP contribution in [0.5, 0.6) is 11.5 Å². The highest BCUT2D eigenvalue weighted by atomic mass is 32.2. The van der Waals surface area contributed by atoms with E-state index in [1.807, 2.05) is 6.92 Å². The summed E-state index contributed by atoms with van der Waals surface area (Å²) >= 11 is 0. The molecule has 3 rings (SSSR count). The molecule has 0 saturated carbocycles. The van der Waals surface area contributed by atoms with Crippen LogP contribution < -0.4 is 10.1 Å². The first-order valence-electron chi connectivity index (χ1n) is 10.2. The minimum absolute atomic E-state index is 0.0689. The highest BCUT2D eigenvalue weighted by Gasteiger charge is 2.27. The van der Waals surface area contributed by atoms with E-state index in [2.05, 4.69) is 10.3 Å². The van der Waals surface area contributed by atoms with E-state index in [-0.39, 0.29) is 23.5 Å². The molecule has 0 atom stereocenters. The lowest BCUT2D eigenvalue weighted by molar-refractivity contribution is -0.117. The van der Waals surface area contributed by atoms with Gasteiger partial charge in [-0.25, -0.2) is 17.1 Å². The number of benzene rings is 1. The zero-order chi connectivity index (χ0) is 22.3. The number of carbonyl (C=O) groups is 1. The van der Waals surface area contributed by atoms with Crippen molar-refractivity contribution in [3.8, 4) is 11.5 Å². The third kappa shape index (κ3) is 6.60. The maximum Gasteiger partial charge on any atom is 0.244 e. The summed E-state index contributed by atoms with van der Waals surface area (Å²) in [4.78, 5) is 16.1. The first kappa shape index (κ1) is 22.9. The average Bonchev–Trinajstić information content (AvgIpc) is 2.75. The zero-order valence-corrected chi connectivity index (χ0v) is 18.1. The average molecular weight is 448 g/mol. The molecule has 9 heteroatoms. The summed E-state index contributed by atoms with van der Waals surface area (Å²) in [5.41, 5.74) is 0.520. The van der Waals surface area contributed by atoms with Crippen molar-refractivity contribution in [1.82, 2.24) is 14.6 Å². The lowest BCUT2D eigenvalue weighted by Gasteiger charge is -2.31. The van der Waals surface area contributed by atoms with Crippen LogP contribution in [0.1, 0.15) is 31.7 Å². The van der Waals surface area contributed by atoms with Gasteiger partial charge in [-0.2, -0.15) is 0 Å². The van der Waals surface area contributed by atoms with E-state index in [9.17, 15) is 17.6 Å². The number of hydrogen-bond donors (Lipinski definition) is 1. The molecular formula is C22H26FN3O4S. The Morgan fingerprint density at radius 1 is 1.32 bits per heavy atom. The van der Waals surface area contributed by atoms with Gasteiger partial charge < -0.3 is 10.1 Å². The number of carbonyl (C=O) groups excluding carboxylic acids is 1. The Morgan fingerprint density at radius 2 is 2.10 bits per heavy atom. The van der Waals surface area contributed by atoms with Gasteiger partial charge in [0.2, 0.25) is 15.9 Å². The van der Waals surface area contributed by atoms with Crippen molar-refractivity contribution in [2.75, 3.05) is 18.8 Å². The third-order valence-electron chi connectivity index (χ3n) is 4.90. The fourth-order valence-corrected chi connectivity index (χ4v) is 4.87. The first-order valence-corrected chi connectivity index (χ1v) is 11.8. The molecule has 0 radical (unpaired) electrons. The molecule has 0 bridgehead atoms. The molecule has 1 aliphatic heterocycles. The van der Waals surface area contributed by atoms with Crippen molar-refractivity contribution >= 4 is 22.0 Å². The predicted molar refractivity (Wildman–Crippen MR) is 117 cm³/mol. The Kier molecular flexibility index (Phi) is 7.75. The Hall–Kier alpha value is -2.78. The molecule has 1 aromatic carbocycles. The molecule has 2 aromatic rings. The Bertz CT molecular complexity index is 1020. The van der Waals surface area contributed by atoms with Gasteiger partial charge in [0.1, 0.15) is 5.75 Å². The van der Waals surface area contributed by atoms with Crippen molar-refractivity contribution in [1.29, 1.82) is 0 Å². The molecule has 1 aromatic heterocycles. The lowest BCUT2D eigenvalue weighted by Crippen LogP contribution is -2.46. The van der Waals surface area contributed by atoms with Crippen LogP contribution in [0.15, 0.2) is 48.8 Å². The largest absolute Gasteiger partial charge is 0.453 e. The van der Waals surface area contributed by atoms with E-state index in [0.29, 0.717) is 43.7 Å². The second-order valence-corrected chi connectivity index (χ2v) is 9.40. The predicted octanol–water partition coefficient (Wildman–Crippen LogP) is 3.35. The van der Waals surface area contributed by atoms with Crippen molar-refractivity contribution in [3.63, 3.8) is 0 Å². The fourth-order valence-electron chi connectivity index (χ4n) is 3.32. The molecule has 1 saturated heterocycles. The number of halogens is 1. The molecular weight excluding hydrogens is 421 g/mol. The number of hydrogen-bond acceptors (Lipinski definition) is 5. The SMILES string of the molecule is CCCS(=O)(=O)N1CCC(NC(=O)/C=C/c2ccc(Oc3cccnc3)c(F)c2)CC1. The van der Waals surface area contributed by atoms with E-state index in [0.717, 1.165) is 0 Å². The van der Waals surface area contributed by atoms with Crippen LogP contribution in [0.25, 0.3) is 6.08 Å². The number of rotatable bonds is 8. The maximum absolute atomic E-state index is 14.3. The molecule has 1 amide bonds. The number of sulfonamides is 1. The normalized spacial score (nSPS) is 15.8. The molecule has 0 aliphatic carbocycles. The summed E-state index contributed by atoms with van der Waals surface area (Å²) in [5, 5.41) is 2.88. The highest BCUT2D eigenvalue weighted by Crippen LogP contribution is 2.25. The van der Waals surface area contributed by atoms with Crippen LogP contribution in [-0.4, -0.2) is 48.5 Å².